The molecule has 0 spiro atoms. The largest absolute Gasteiger partial charge is 0.484 e. The summed E-state index contributed by atoms with van der Waals surface area (Å²) in [6, 6.07) is 10.6. The van der Waals surface area contributed by atoms with Crippen molar-refractivity contribution >= 4 is 35.8 Å². The number of hydrogen-bond acceptors (Lipinski definition) is 3. The number of benzene rings is 2. The summed E-state index contributed by atoms with van der Waals surface area (Å²) in [5.41, 5.74) is 6.30. The lowest BCUT2D eigenvalue weighted by molar-refractivity contribution is -0.119. The summed E-state index contributed by atoms with van der Waals surface area (Å²) in [5.74, 6) is -0.413. The molecule has 1 amide bonds. The highest BCUT2D eigenvalue weighted by Crippen LogP contribution is 2.12. The quantitative estimate of drug-likeness (QED) is 0.271. The van der Waals surface area contributed by atoms with E-state index in [0.29, 0.717) is 24.8 Å². The van der Waals surface area contributed by atoms with Crippen LogP contribution in [0.4, 0.5) is 8.78 Å². The molecule has 6 nitrogen and oxygen atoms in total. The molecule has 2 aromatic rings. The maximum absolute atomic E-state index is 13.7. The minimum atomic E-state index is -0.526. The molecular formula is C20H25F2IN4O2. The lowest BCUT2D eigenvalue weighted by Gasteiger charge is -2.12. The number of ether oxygens (including phenoxy) is 1. The van der Waals surface area contributed by atoms with Crippen LogP contribution >= 0.6 is 24.0 Å². The van der Waals surface area contributed by atoms with Gasteiger partial charge in [0.1, 0.15) is 17.4 Å². The van der Waals surface area contributed by atoms with Crippen molar-refractivity contribution in [3.63, 3.8) is 0 Å². The SMILES string of the molecule is CCNC(=NCc1cc(F)ccc1F)NCCc1ccc(OCC(N)=O)cc1.I. The van der Waals surface area contributed by atoms with Gasteiger partial charge in [-0.15, -0.1) is 24.0 Å². The van der Waals surface area contributed by atoms with Crippen LogP contribution in [0.2, 0.25) is 0 Å². The molecule has 0 atom stereocenters. The molecule has 0 heterocycles. The molecule has 0 aliphatic rings. The predicted octanol–water partition coefficient (Wildman–Crippen LogP) is 2.74. The first-order chi connectivity index (χ1) is 13.5. The third-order valence-electron chi connectivity index (χ3n) is 3.77. The maximum Gasteiger partial charge on any atom is 0.255 e. The monoisotopic (exact) mass is 518 g/mol. The van der Waals surface area contributed by atoms with Crippen LogP contribution in [0.25, 0.3) is 0 Å². The highest BCUT2D eigenvalue weighted by Gasteiger charge is 2.05. The molecule has 0 unspecified atom stereocenters. The van der Waals surface area contributed by atoms with E-state index in [2.05, 4.69) is 15.6 Å². The fraction of sp³-hybridized carbons (Fsp3) is 0.300. The van der Waals surface area contributed by atoms with Gasteiger partial charge in [-0.1, -0.05) is 12.1 Å². The van der Waals surface area contributed by atoms with Crippen LogP contribution in [-0.4, -0.2) is 31.6 Å². The summed E-state index contributed by atoms with van der Waals surface area (Å²) < 4.78 is 32.2. The average Bonchev–Trinajstić information content (AvgIpc) is 2.67. The van der Waals surface area contributed by atoms with Crippen LogP contribution in [0.1, 0.15) is 18.1 Å². The van der Waals surface area contributed by atoms with Gasteiger partial charge in [-0.3, -0.25) is 4.79 Å². The van der Waals surface area contributed by atoms with E-state index >= 15 is 0 Å². The van der Waals surface area contributed by atoms with E-state index < -0.39 is 17.5 Å². The summed E-state index contributed by atoms with van der Waals surface area (Å²) in [6.45, 7) is 3.03. The maximum atomic E-state index is 13.7. The number of guanidine groups is 1. The number of amides is 1. The molecule has 0 aromatic heterocycles. The molecule has 0 radical (unpaired) electrons. The molecule has 0 aliphatic heterocycles. The molecule has 9 heteroatoms. The van der Waals surface area contributed by atoms with Gasteiger partial charge in [0.2, 0.25) is 0 Å². The minimum absolute atomic E-state index is 0. The minimum Gasteiger partial charge on any atom is -0.484 e. The first-order valence-electron chi connectivity index (χ1n) is 8.94. The molecule has 0 aliphatic carbocycles. The normalized spacial score (nSPS) is 10.8. The third-order valence-corrected chi connectivity index (χ3v) is 3.77. The van der Waals surface area contributed by atoms with Gasteiger partial charge in [-0.2, -0.15) is 0 Å². The van der Waals surface area contributed by atoms with Crippen molar-refractivity contribution in [2.24, 2.45) is 10.7 Å². The summed E-state index contributed by atoms with van der Waals surface area (Å²) in [4.78, 5) is 15.0. The molecule has 158 valence electrons. The van der Waals surface area contributed by atoms with Gasteiger partial charge in [0.15, 0.2) is 12.6 Å². The second kappa shape index (κ2) is 12.9. The van der Waals surface area contributed by atoms with Crippen molar-refractivity contribution in [2.75, 3.05) is 19.7 Å². The van der Waals surface area contributed by atoms with Crippen LogP contribution in [0.3, 0.4) is 0 Å². The van der Waals surface area contributed by atoms with Crippen molar-refractivity contribution in [3.8, 4) is 5.75 Å². The highest BCUT2D eigenvalue weighted by atomic mass is 127. The second-order valence-corrected chi connectivity index (χ2v) is 6.01. The molecule has 2 aromatic carbocycles. The fourth-order valence-electron chi connectivity index (χ4n) is 2.40. The van der Waals surface area contributed by atoms with E-state index in [0.717, 1.165) is 30.2 Å². The summed E-state index contributed by atoms with van der Waals surface area (Å²) >= 11 is 0. The van der Waals surface area contributed by atoms with Crippen molar-refractivity contribution in [2.45, 2.75) is 19.9 Å². The number of primary amides is 1. The Hall–Kier alpha value is -2.43. The first-order valence-corrected chi connectivity index (χ1v) is 8.94. The lowest BCUT2D eigenvalue weighted by atomic mass is 10.1. The number of nitrogens with one attached hydrogen (secondary N) is 2. The molecule has 0 saturated carbocycles. The van der Waals surface area contributed by atoms with Crippen molar-refractivity contribution in [3.05, 3.63) is 65.2 Å². The van der Waals surface area contributed by atoms with Gasteiger partial charge in [0.05, 0.1) is 6.54 Å². The van der Waals surface area contributed by atoms with Gasteiger partial charge in [-0.05, 0) is 49.2 Å². The van der Waals surface area contributed by atoms with Crippen LogP contribution < -0.4 is 21.1 Å². The standard InChI is InChI=1S/C20H24F2N4O2.HI/c1-2-24-20(26-12-15-11-16(21)5-8-18(15)22)25-10-9-14-3-6-17(7-4-14)28-13-19(23)27;/h3-8,11H,2,9-10,12-13H2,1H3,(H2,23,27)(H2,24,25,26);1H. The zero-order valence-electron chi connectivity index (χ0n) is 16.1. The Bertz CT molecular complexity index is 817. The molecule has 0 fully saturated rings. The van der Waals surface area contributed by atoms with E-state index in [-0.39, 0.29) is 42.7 Å². The predicted molar refractivity (Wildman–Crippen MR) is 119 cm³/mol. The van der Waals surface area contributed by atoms with E-state index in [1.807, 2.05) is 19.1 Å². The number of aliphatic imine (C=N–C) groups is 1. The smallest absolute Gasteiger partial charge is 0.255 e. The molecule has 0 bridgehead atoms. The number of hydrogen-bond donors (Lipinski definition) is 3. The number of carbonyl (C=O) groups excluding carboxylic acids is 1. The zero-order chi connectivity index (χ0) is 20.4. The molecule has 0 saturated heterocycles. The van der Waals surface area contributed by atoms with Crippen LogP contribution in [0, 0.1) is 11.6 Å². The Kier molecular flexibility index (Phi) is 11.0. The van der Waals surface area contributed by atoms with E-state index in [1.54, 1.807) is 12.1 Å². The summed E-state index contributed by atoms with van der Waals surface area (Å²) in [5, 5.41) is 6.23. The Morgan fingerprint density at radius 2 is 1.86 bits per heavy atom. The zero-order valence-corrected chi connectivity index (χ0v) is 18.4. The summed E-state index contributed by atoms with van der Waals surface area (Å²) in [7, 11) is 0. The van der Waals surface area contributed by atoms with Gasteiger partial charge in [-0.25, -0.2) is 13.8 Å². The van der Waals surface area contributed by atoms with Crippen LogP contribution in [-0.2, 0) is 17.8 Å². The van der Waals surface area contributed by atoms with E-state index in [9.17, 15) is 13.6 Å². The van der Waals surface area contributed by atoms with Gasteiger partial charge in [0, 0.05) is 18.7 Å². The topological polar surface area (TPSA) is 88.7 Å². The van der Waals surface area contributed by atoms with Crippen molar-refractivity contribution in [1.82, 2.24) is 10.6 Å². The molecular weight excluding hydrogens is 493 g/mol. The molecule has 4 N–H and O–H groups in total. The Labute approximate surface area is 185 Å². The lowest BCUT2D eigenvalue weighted by Crippen LogP contribution is -2.38. The van der Waals surface area contributed by atoms with Crippen LogP contribution in [0.5, 0.6) is 5.75 Å². The summed E-state index contributed by atoms with van der Waals surface area (Å²) in [6.07, 6.45) is 0.717. The number of carbonyl (C=O) groups is 1. The van der Waals surface area contributed by atoms with E-state index in [4.69, 9.17) is 10.5 Å². The van der Waals surface area contributed by atoms with Crippen molar-refractivity contribution in [1.29, 1.82) is 0 Å². The van der Waals surface area contributed by atoms with E-state index in [1.165, 1.54) is 0 Å². The number of nitrogens with zero attached hydrogens (tertiary/aromatic N) is 1. The van der Waals surface area contributed by atoms with Gasteiger partial charge in [0.25, 0.3) is 5.91 Å². The fourth-order valence-corrected chi connectivity index (χ4v) is 2.40. The average molecular weight is 518 g/mol. The third kappa shape index (κ3) is 9.07. The Morgan fingerprint density at radius 3 is 2.52 bits per heavy atom. The molecule has 2 rings (SSSR count). The second-order valence-electron chi connectivity index (χ2n) is 6.01. The van der Waals surface area contributed by atoms with Crippen molar-refractivity contribution < 1.29 is 18.3 Å². The Balaban J connectivity index is 0.00000420. The number of halogens is 3. The number of rotatable bonds is 9. The molecule has 29 heavy (non-hydrogen) atoms. The van der Waals surface area contributed by atoms with Gasteiger partial charge >= 0.3 is 0 Å². The Morgan fingerprint density at radius 1 is 1.14 bits per heavy atom. The first kappa shape index (κ1) is 24.6. The van der Waals surface area contributed by atoms with Gasteiger partial charge < -0.3 is 21.1 Å². The van der Waals surface area contributed by atoms with Crippen LogP contribution in [0.15, 0.2) is 47.5 Å². The number of nitrogens with two attached hydrogens (primary N) is 1. The highest BCUT2D eigenvalue weighted by molar-refractivity contribution is 14.0.